The van der Waals surface area contributed by atoms with Crippen molar-refractivity contribution in [2.24, 2.45) is 0 Å². The molecule has 0 radical (unpaired) electrons. The molecule has 0 unspecified atom stereocenters. The van der Waals surface area contributed by atoms with Crippen molar-refractivity contribution in [3.8, 4) is 0 Å². The summed E-state index contributed by atoms with van der Waals surface area (Å²) in [5.74, 6) is -0.270. The number of carbonyl (C=O) groups excluding carboxylic acids is 3. The average molecular weight is 374 g/mol. The van der Waals surface area contributed by atoms with Gasteiger partial charge in [0.25, 0.3) is 0 Å². The molecule has 0 saturated carbocycles. The van der Waals surface area contributed by atoms with Crippen LogP contribution in [-0.2, 0) is 22.7 Å². The summed E-state index contributed by atoms with van der Waals surface area (Å²) in [6, 6.07) is 7.85. The Morgan fingerprint density at radius 3 is 2.41 bits per heavy atom. The molecule has 27 heavy (non-hydrogen) atoms. The van der Waals surface area contributed by atoms with Gasteiger partial charge in [-0.1, -0.05) is 38.1 Å². The van der Waals surface area contributed by atoms with Gasteiger partial charge in [0, 0.05) is 33.1 Å². The van der Waals surface area contributed by atoms with Crippen LogP contribution in [0.5, 0.6) is 0 Å². The number of amides is 4. The van der Waals surface area contributed by atoms with Crippen molar-refractivity contribution in [1.29, 1.82) is 0 Å². The number of benzene rings is 1. The first-order chi connectivity index (χ1) is 13.0. The van der Waals surface area contributed by atoms with Crippen molar-refractivity contribution < 1.29 is 14.4 Å². The molecule has 4 amide bonds. The van der Waals surface area contributed by atoms with Crippen molar-refractivity contribution in [1.82, 2.24) is 20.0 Å². The average Bonchev–Trinajstić information content (AvgIpc) is 2.91. The summed E-state index contributed by atoms with van der Waals surface area (Å²) in [5, 5.41) is 2.95. The van der Waals surface area contributed by atoms with E-state index >= 15 is 0 Å². The Bertz CT molecular complexity index is 673. The highest BCUT2D eigenvalue weighted by Crippen LogP contribution is 2.12. The largest absolute Gasteiger partial charge is 0.352 e. The lowest BCUT2D eigenvalue weighted by Gasteiger charge is -2.20. The van der Waals surface area contributed by atoms with Crippen molar-refractivity contribution in [2.75, 3.05) is 33.2 Å². The molecule has 0 atom stereocenters. The summed E-state index contributed by atoms with van der Waals surface area (Å²) in [5.41, 5.74) is 2.34. The topological polar surface area (TPSA) is 73.0 Å². The fourth-order valence-electron chi connectivity index (χ4n) is 3.14. The predicted octanol–water partition coefficient (Wildman–Crippen LogP) is 1.82. The van der Waals surface area contributed by atoms with Gasteiger partial charge in [0.1, 0.15) is 6.54 Å². The van der Waals surface area contributed by atoms with E-state index in [9.17, 15) is 14.4 Å². The number of nitrogens with one attached hydrogen (secondary N) is 1. The van der Waals surface area contributed by atoms with Gasteiger partial charge in [-0.2, -0.15) is 0 Å². The molecule has 1 fully saturated rings. The Morgan fingerprint density at radius 1 is 1.15 bits per heavy atom. The standard InChI is InChI=1S/C20H30N4O3/c1-4-23(5-2)14-17-10-7-6-9-16(17)13-21-18(25)11-8-12-24-19(26)15-22(3)20(24)27/h6-7,9-10H,4-5,8,11-15H2,1-3H3,(H,21,25). The third-order valence-corrected chi connectivity index (χ3v) is 4.90. The van der Waals surface area contributed by atoms with Crippen LogP contribution < -0.4 is 5.32 Å². The van der Waals surface area contributed by atoms with E-state index in [1.165, 1.54) is 15.4 Å². The van der Waals surface area contributed by atoms with Crippen LogP contribution in [0, 0.1) is 0 Å². The van der Waals surface area contributed by atoms with E-state index in [0.717, 1.165) is 25.2 Å². The predicted molar refractivity (Wildman–Crippen MR) is 104 cm³/mol. The van der Waals surface area contributed by atoms with Gasteiger partial charge < -0.3 is 10.2 Å². The Balaban J connectivity index is 1.79. The van der Waals surface area contributed by atoms with Crippen molar-refractivity contribution in [2.45, 2.75) is 39.8 Å². The quantitative estimate of drug-likeness (QED) is 0.634. The van der Waals surface area contributed by atoms with Crippen LogP contribution >= 0.6 is 0 Å². The first kappa shape index (κ1) is 20.9. The number of nitrogens with zero attached hydrogens (tertiary/aromatic N) is 3. The third kappa shape index (κ3) is 5.79. The molecule has 0 aliphatic carbocycles. The molecular formula is C20H30N4O3. The van der Waals surface area contributed by atoms with Gasteiger partial charge in [-0.05, 0) is 30.6 Å². The van der Waals surface area contributed by atoms with E-state index < -0.39 is 0 Å². The van der Waals surface area contributed by atoms with E-state index in [-0.39, 0.29) is 30.9 Å². The number of hydrogen-bond donors (Lipinski definition) is 1. The Morgan fingerprint density at radius 2 is 1.81 bits per heavy atom. The summed E-state index contributed by atoms with van der Waals surface area (Å²) < 4.78 is 0. The van der Waals surface area contributed by atoms with Crippen molar-refractivity contribution in [3.63, 3.8) is 0 Å². The fraction of sp³-hybridized carbons (Fsp3) is 0.550. The number of imide groups is 1. The van der Waals surface area contributed by atoms with Crippen LogP contribution in [0.1, 0.15) is 37.8 Å². The number of carbonyl (C=O) groups is 3. The molecule has 1 aromatic carbocycles. The molecule has 0 spiro atoms. The highest BCUT2D eigenvalue weighted by Gasteiger charge is 2.32. The molecule has 1 N–H and O–H groups in total. The van der Waals surface area contributed by atoms with Gasteiger partial charge in [-0.25, -0.2) is 4.79 Å². The van der Waals surface area contributed by atoms with Gasteiger partial charge in [0.05, 0.1) is 0 Å². The van der Waals surface area contributed by atoms with Crippen molar-refractivity contribution in [3.05, 3.63) is 35.4 Å². The second-order valence-corrected chi connectivity index (χ2v) is 6.79. The van der Waals surface area contributed by atoms with Gasteiger partial charge in [-0.15, -0.1) is 0 Å². The molecule has 1 aliphatic heterocycles. The molecule has 7 nitrogen and oxygen atoms in total. The minimum atomic E-state index is -0.286. The zero-order chi connectivity index (χ0) is 19.8. The van der Waals surface area contributed by atoms with E-state index in [1.807, 2.05) is 18.2 Å². The van der Waals surface area contributed by atoms with Crippen molar-refractivity contribution >= 4 is 17.8 Å². The molecule has 1 aromatic rings. The molecule has 0 aromatic heterocycles. The second-order valence-electron chi connectivity index (χ2n) is 6.79. The molecule has 1 aliphatic rings. The molecule has 7 heteroatoms. The fourth-order valence-corrected chi connectivity index (χ4v) is 3.14. The number of urea groups is 1. The summed E-state index contributed by atoms with van der Waals surface area (Å²) in [6.45, 7) is 8.01. The maximum atomic E-state index is 12.1. The van der Waals surface area contributed by atoms with Gasteiger partial charge >= 0.3 is 6.03 Å². The highest BCUT2D eigenvalue weighted by molar-refractivity contribution is 6.01. The lowest BCUT2D eigenvalue weighted by molar-refractivity contribution is -0.126. The molecular weight excluding hydrogens is 344 g/mol. The van der Waals surface area contributed by atoms with Crippen LogP contribution in [0.3, 0.4) is 0 Å². The Labute approximate surface area is 161 Å². The summed E-state index contributed by atoms with van der Waals surface area (Å²) in [7, 11) is 1.60. The van der Waals surface area contributed by atoms with E-state index in [4.69, 9.17) is 0 Å². The first-order valence-electron chi connectivity index (χ1n) is 9.57. The highest BCUT2D eigenvalue weighted by atomic mass is 16.2. The van der Waals surface area contributed by atoms with Crippen LogP contribution in [0.4, 0.5) is 4.79 Å². The van der Waals surface area contributed by atoms with Gasteiger partial charge in [0.2, 0.25) is 11.8 Å². The normalized spacial score (nSPS) is 14.4. The minimum Gasteiger partial charge on any atom is -0.352 e. The maximum Gasteiger partial charge on any atom is 0.326 e. The lowest BCUT2D eigenvalue weighted by atomic mass is 10.1. The lowest BCUT2D eigenvalue weighted by Crippen LogP contribution is -2.33. The zero-order valence-electron chi connectivity index (χ0n) is 16.5. The maximum absolute atomic E-state index is 12.1. The van der Waals surface area contributed by atoms with Crippen LogP contribution in [-0.4, -0.2) is 65.8 Å². The molecule has 148 valence electrons. The monoisotopic (exact) mass is 374 g/mol. The Hall–Kier alpha value is -2.41. The molecule has 0 bridgehead atoms. The summed E-state index contributed by atoms with van der Waals surface area (Å²) in [4.78, 5) is 40.6. The van der Waals surface area contributed by atoms with Gasteiger partial charge in [-0.3, -0.25) is 19.4 Å². The van der Waals surface area contributed by atoms with Crippen LogP contribution in [0.2, 0.25) is 0 Å². The molecule has 1 heterocycles. The number of hydrogen-bond acceptors (Lipinski definition) is 4. The zero-order valence-corrected chi connectivity index (χ0v) is 16.5. The molecule has 2 rings (SSSR count). The molecule has 1 saturated heterocycles. The number of likely N-dealkylation sites (N-methyl/N-ethyl adjacent to an activating group) is 1. The summed E-state index contributed by atoms with van der Waals surface area (Å²) in [6.07, 6.45) is 0.761. The van der Waals surface area contributed by atoms with E-state index in [0.29, 0.717) is 19.4 Å². The first-order valence-corrected chi connectivity index (χ1v) is 9.57. The number of rotatable bonds is 10. The van der Waals surface area contributed by atoms with Gasteiger partial charge in [0.15, 0.2) is 0 Å². The van der Waals surface area contributed by atoms with E-state index in [2.05, 4.69) is 30.1 Å². The van der Waals surface area contributed by atoms with Crippen LogP contribution in [0.25, 0.3) is 0 Å². The Kier molecular flexibility index (Phi) is 7.79. The minimum absolute atomic E-state index is 0.0694. The third-order valence-electron chi connectivity index (χ3n) is 4.90. The second kappa shape index (κ2) is 10.1. The van der Waals surface area contributed by atoms with Crippen LogP contribution in [0.15, 0.2) is 24.3 Å². The summed E-state index contributed by atoms with van der Waals surface area (Å²) >= 11 is 0. The SMILES string of the molecule is CCN(CC)Cc1ccccc1CNC(=O)CCCN1C(=O)CN(C)C1=O. The smallest absolute Gasteiger partial charge is 0.326 e. The van der Waals surface area contributed by atoms with E-state index in [1.54, 1.807) is 7.05 Å².